The van der Waals surface area contributed by atoms with Crippen molar-refractivity contribution < 1.29 is 17.6 Å². The molecule has 1 aromatic carbocycles. The lowest BCUT2D eigenvalue weighted by Crippen LogP contribution is -2.15. The lowest BCUT2D eigenvalue weighted by Gasteiger charge is -2.11. The predicted octanol–water partition coefficient (Wildman–Crippen LogP) is 4.22. The number of para-hydroxylation sites is 1. The molecule has 1 saturated heterocycles. The van der Waals surface area contributed by atoms with Crippen LogP contribution in [-0.4, -0.2) is 45.6 Å². The molecule has 1 atom stereocenters. The number of hydrogen-bond acceptors (Lipinski definition) is 8. The number of thiazole rings is 1. The van der Waals surface area contributed by atoms with Crippen LogP contribution in [0.4, 0.5) is 5.13 Å². The third-order valence-electron chi connectivity index (χ3n) is 5.92. The molecule has 1 N–H and O–H groups in total. The van der Waals surface area contributed by atoms with Crippen LogP contribution in [-0.2, 0) is 9.84 Å². The molecule has 0 unspecified atom stereocenters. The summed E-state index contributed by atoms with van der Waals surface area (Å²) >= 11 is 1.39. The van der Waals surface area contributed by atoms with Crippen LogP contribution < -0.4 is 5.32 Å². The second-order valence-corrected chi connectivity index (χ2v) is 11.5. The van der Waals surface area contributed by atoms with Gasteiger partial charge in [-0.15, -0.1) is 0 Å². The van der Waals surface area contributed by atoms with Crippen molar-refractivity contribution >= 4 is 53.5 Å². The molecule has 4 aromatic heterocycles. The fraction of sp³-hybridized carbons (Fsp3) is 0.217. The summed E-state index contributed by atoms with van der Waals surface area (Å²) in [4.78, 5) is 22.7. The lowest BCUT2D eigenvalue weighted by molar-refractivity contribution is 0.102. The first-order valence-corrected chi connectivity index (χ1v) is 13.3. The highest BCUT2D eigenvalue weighted by Crippen LogP contribution is 2.33. The summed E-state index contributed by atoms with van der Waals surface area (Å²) < 4.78 is 32.4. The number of aryl methyl sites for hydroxylation is 1. The summed E-state index contributed by atoms with van der Waals surface area (Å²) in [5, 5.41) is 8.59. The number of benzene rings is 1. The van der Waals surface area contributed by atoms with E-state index in [4.69, 9.17) is 9.40 Å². The van der Waals surface area contributed by atoms with E-state index in [1.807, 2.05) is 24.3 Å². The number of aromatic nitrogens is 4. The van der Waals surface area contributed by atoms with E-state index in [9.17, 15) is 13.2 Å². The number of anilines is 1. The highest BCUT2D eigenvalue weighted by atomic mass is 32.2. The average molecular weight is 494 g/mol. The molecule has 9 nitrogen and oxygen atoms in total. The minimum absolute atomic E-state index is 0.00309. The number of furan rings is 1. The maximum absolute atomic E-state index is 13.5. The van der Waals surface area contributed by atoms with Crippen molar-refractivity contribution in [2.45, 2.75) is 19.4 Å². The van der Waals surface area contributed by atoms with Crippen molar-refractivity contribution in [1.29, 1.82) is 0 Å². The molecule has 0 bridgehead atoms. The number of nitrogens with one attached hydrogen (secondary N) is 1. The van der Waals surface area contributed by atoms with Crippen molar-refractivity contribution in [1.82, 2.24) is 19.7 Å². The zero-order chi connectivity index (χ0) is 23.4. The Kier molecular flexibility index (Phi) is 4.78. The Morgan fingerprint density at radius 2 is 2.06 bits per heavy atom. The Labute approximate surface area is 198 Å². The molecule has 172 valence electrons. The molecule has 5 heterocycles. The maximum Gasteiger partial charge on any atom is 0.258 e. The molecule has 34 heavy (non-hydrogen) atoms. The number of nitrogens with zero attached hydrogens (tertiary/aromatic N) is 4. The van der Waals surface area contributed by atoms with Crippen LogP contribution in [0.2, 0.25) is 0 Å². The van der Waals surface area contributed by atoms with Crippen LogP contribution in [0.5, 0.6) is 0 Å². The lowest BCUT2D eigenvalue weighted by atomic mass is 10.1. The van der Waals surface area contributed by atoms with Crippen molar-refractivity contribution in [2.24, 2.45) is 0 Å². The fourth-order valence-corrected chi connectivity index (χ4v) is 6.91. The summed E-state index contributed by atoms with van der Waals surface area (Å²) in [5.41, 5.74) is 2.72. The summed E-state index contributed by atoms with van der Waals surface area (Å²) in [7, 11) is -3.13. The largest absolute Gasteiger partial charge is 0.463 e. The molecule has 1 aliphatic rings. The molecular formula is C23H19N5O4S2. The predicted molar refractivity (Wildman–Crippen MR) is 130 cm³/mol. The molecule has 1 fully saturated rings. The van der Waals surface area contributed by atoms with Gasteiger partial charge in [0.15, 0.2) is 26.4 Å². The van der Waals surface area contributed by atoms with E-state index in [2.05, 4.69) is 15.4 Å². The number of rotatable bonds is 4. The van der Waals surface area contributed by atoms with E-state index >= 15 is 0 Å². The fourth-order valence-electron chi connectivity index (χ4n) is 4.36. The van der Waals surface area contributed by atoms with Gasteiger partial charge < -0.3 is 4.42 Å². The second-order valence-electron chi connectivity index (χ2n) is 8.26. The van der Waals surface area contributed by atoms with E-state index in [1.165, 1.54) is 17.6 Å². The van der Waals surface area contributed by atoms with Crippen LogP contribution in [0.25, 0.3) is 32.7 Å². The molecule has 0 aliphatic carbocycles. The van der Waals surface area contributed by atoms with Gasteiger partial charge in [0, 0.05) is 0 Å². The van der Waals surface area contributed by atoms with Gasteiger partial charge in [0.2, 0.25) is 0 Å². The van der Waals surface area contributed by atoms with Gasteiger partial charge >= 0.3 is 0 Å². The molecule has 11 heteroatoms. The number of pyridine rings is 1. The maximum atomic E-state index is 13.5. The normalized spacial score (nSPS) is 17.5. The van der Waals surface area contributed by atoms with E-state index in [0.29, 0.717) is 45.3 Å². The standard InChI is InChI=1S/C23H19N5O4S2/c1-13-20-15(22(29)26-23-25-16-5-2-3-7-19(16)33-23)11-17(18-6-4-9-32-18)24-21(20)28(27-13)14-8-10-34(30,31)12-14/h2-7,9,11,14H,8,10,12H2,1H3,(H,25,26,29)/t14-/m0/s1. The van der Waals surface area contributed by atoms with Gasteiger partial charge in [-0.1, -0.05) is 23.5 Å². The summed E-state index contributed by atoms with van der Waals surface area (Å²) in [6, 6.07) is 12.5. The van der Waals surface area contributed by atoms with Crippen molar-refractivity contribution in [3.05, 3.63) is 60.0 Å². The average Bonchev–Trinajstić information content (AvgIpc) is 3.59. The molecule has 1 aliphatic heterocycles. The zero-order valence-corrected chi connectivity index (χ0v) is 19.7. The Balaban J connectivity index is 1.49. The molecule has 1 amide bonds. The van der Waals surface area contributed by atoms with Crippen molar-refractivity contribution in [3.8, 4) is 11.5 Å². The number of amides is 1. The Bertz CT molecular complexity index is 1640. The van der Waals surface area contributed by atoms with Crippen LogP contribution in [0.15, 0.2) is 53.1 Å². The zero-order valence-electron chi connectivity index (χ0n) is 18.1. The van der Waals surface area contributed by atoms with Gasteiger partial charge in [-0.25, -0.2) is 23.1 Å². The van der Waals surface area contributed by atoms with Crippen LogP contribution in [0.3, 0.4) is 0 Å². The summed E-state index contributed by atoms with van der Waals surface area (Å²) in [6.45, 7) is 1.80. The molecule has 0 radical (unpaired) electrons. The number of carbonyl (C=O) groups excluding carboxylic acids is 1. The Morgan fingerprint density at radius 1 is 1.21 bits per heavy atom. The molecule has 0 saturated carbocycles. The van der Waals surface area contributed by atoms with Gasteiger partial charge in [-0.3, -0.25) is 10.1 Å². The minimum atomic E-state index is -3.13. The molecule has 0 spiro atoms. The highest BCUT2D eigenvalue weighted by molar-refractivity contribution is 7.91. The number of fused-ring (bicyclic) bond motifs is 2. The second kappa shape index (κ2) is 7.74. The van der Waals surface area contributed by atoms with Gasteiger partial charge in [0.1, 0.15) is 5.69 Å². The number of carbonyl (C=O) groups is 1. The van der Waals surface area contributed by atoms with E-state index in [-0.39, 0.29) is 23.5 Å². The highest BCUT2D eigenvalue weighted by Gasteiger charge is 2.32. The third kappa shape index (κ3) is 3.57. The Morgan fingerprint density at radius 3 is 2.79 bits per heavy atom. The van der Waals surface area contributed by atoms with Crippen molar-refractivity contribution in [3.63, 3.8) is 0 Å². The Hall–Kier alpha value is -3.57. The molecule has 6 rings (SSSR count). The van der Waals surface area contributed by atoms with Crippen molar-refractivity contribution in [2.75, 3.05) is 16.8 Å². The summed E-state index contributed by atoms with van der Waals surface area (Å²) in [6.07, 6.45) is 1.99. The van der Waals surface area contributed by atoms with Gasteiger partial charge in [-0.2, -0.15) is 5.10 Å². The number of sulfone groups is 1. The van der Waals surface area contributed by atoms with Crippen LogP contribution >= 0.6 is 11.3 Å². The SMILES string of the molecule is Cc1nn([C@H]2CCS(=O)(=O)C2)c2nc(-c3ccco3)cc(C(=O)Nc3nc4ccccc4s3)c12. The quantitative estimate of drug-likeness (QED) is 0.398. The van der Waals surface area contributed by atoms with E-state index < -0.39 is 9.84 Å². The number of hydrogen-bond donors (Lipinski definition) is 1. The first-order chi connectivity index (χ1) is 16.4. The molecule has 5 aromatic rings. The third-order valence-corrected chi connectivity index (χ3v) is 8.63. The molecular weight excluding hydrogens is 474 g/mol. The van der Waals surface area contributed by atoms with E-state index in [0.717, 1.165) is 10.2 Å². The van der Waals surface area contributed by atoms with Crippen LogP contribution in [0, 0.1) is 6.92 Å². The first kappa shape index (κ1) is 21.0. The topological polar surface area (TPSA) is 120 Å². The van der Waals surface area contributed by atoms with Crippen LogP contribution in [0.1, 0.15) is 28.5 Å². The van der Waals surface area contributed by atoms with Gasteiger partial charge in [0.05, 0.1) is 50.7 Å². The summed E-state index contributed by atoms with van der Waals surface area (Å²) in [5.74, 6) is 0.269. The minimum Gasteiger partial charge on any atom is -0.463 e. The van der Waals surface area contributed by atoms with Gasteiger partial charge in [-0.05, 0) is 43.7 Å². The smallest absolute Gasteiger partial charge is 0.258 e. The van der Waals surface area contributed by atoms with Gasteiger partial charge in [0.25, 0.3) is 5.91 Å². The monoisotopic (exact) mass is 493 g/mol. The first-order valence-electron chi connectivity index (χ1n) is 10.7. The van der Waals surface area contributed by atoms with E-state index in [1.54, 1.807) is 29.8 Å².